The third-order valence-corrected chi connectivity index (χ3v) is 6.63. The van der Waals surface area contributed by atoms with E-state index in [0.29, 0.717) is 13.0 Å². The number of aliphatic hydroxyl groups excluding tert-OH is 1. The van der Waals surface area contributed by atoms with Crippen molar-refractivity contribution in [3.8, 4) is 5.75 Å². The predicted octanol–water partition coefficient (Wildman–Crippen LogP) is 4.65. The number of aromatic amines is 1. The molecule has 1 atom stereocenters. The highest BCUT2D eigenvalue weighted by molar-refractivity contribution is 7.10. The molecule has 0 saturated heterocycles. The summed E-state index contributed by atoms with van der Waals surface area (Å²) in [6, 6.07) is 12.0. The van der Waals surface area contributed by atoms with E-state index in [4.69, 9.17) is 9.15 Å². The SMILES string of the molecule is COc1ccc2[nH]cc(CCN3C(=O)C(O)=C(C(=O)c4ccco4)[C@@H]3c3cccs3)c2c1. The number of amides is 1. The van der Waals surface area contributed by atoms with E-state index in [1.165, 1.54) is 23.7 Å². The Labute approximate surface area is 187 Å². The Morgan fingerprint density at radius 1 is 1.28 bits per heavy atom. The van der Waals surface area contributed by atoms with Crippen molar-refractivity contribution in [3.05, 3.63) is 87.8 Å². The number of thiophene rings is 1. The van der Waals surface area contributed by atoms with Gasteiger partial charge in [-0.3, -0.25) is 9.59 Å². The Kier molecular flexibility index (Phi) is 5.07. The predicted molar refractivity (Wildman–Crippen MR) is 120 cm³/mol. The molecule has 1 aliphatic rings. The van der Waals surface area contributed by atoms with Crippen LogP contribution in [0.5, 0.6) is 5.75 Å². The lowest BCUT2D eigenvalue weighted by molar-refractivity contribution is -0.129. The Morgan fingerprint density at radius 2 is 2.16 bits per heavy atom. The maximum absolute atomic E-state index is 13.1. The van der Waals surface area contributed by atoms with E-state index in [9.17, 15) is 14.7 Å². The Hall–Kier alpha value is -3.78. The lowest BCUT2D eigenvalue weighted by Crippen LogP contribution is -2.32. The van der Waals surface area contributed by atoms with E-state index < -0.39 is 23.5 Å². The molecular weight excluding hydrogens is 428 g/mol. The number of aliphatic hydroxyl groups is 1. The fourth-order valence-electron chi connectivity index (χ4n) is 4.13. The second-order valence-corrected chi connectivity index (χ2v) is 8.44. The minimum Gasteiger partial charge on any atom is -0.503 e. The number of nitrogens with zero attached hydrogens (tertiary/aromatic N) is 1. The number of ketones is 1. The van der Waals surface area contributed by atoms with Crippen LogP contribution in [-0.2, 0) is 11.2 Å². The van der Waals surface area contributed by atoms with Crippen LogP contribution in [0, 0.1) is 0 Å². The Balaban J connectivity index is 1.47. The van der Waals surface area contributed by atoms with Crippen molar-refractivity contribution in [2.75, 3.05) is 13.7 Å². The van der Waals surface area contributed by atoms with Crippen molar-refractivity contribution in [3.63, 3.8) is 0 Å². The molecule has 0 fully saturated rings. The number of hydrogen-bond acceptors (Lipinski definition) is 6. The summed E-state index contributed by atoms with van der Waals surface area (Å²) in [5.74, 6) is -0.733. The van der Waals surface area contributed by atoms with Crippen molar-refractivity contribution in [2.24, 2.45) is 0 Å². The van der Waals surface area contributed by atoms with E-state index in [1.807, 2.05) is 41.9 Å². The van der Waals surface area contributed by atoms with Crippen LogP contribution in [0.1, 0.15) is 27.0 Å². The number of Topliss-reactive ketones (excluding diaryl/α,β-unsaturated/α-hetero) is 1. The van der Waals surface area contributed by atoms with Gasteiger partial charge in [0.25, 0.3) is 5.91 Å². The van der Waals surface area contributed by atoms with Gasteiger partial charge in [0, 0.05) is 28.5 Å². The summed E-state index contributed by atoms with van der Waals surface area (Å²) >= 11 is 1.43. The zero-order valence-electron chi connectivity index (χ0n) is 17.2. The second-order valence-electron chi connectivity index (χ2n) is 7.46. The van der Waals surface area contributed by atoms with Crippen molar-refractivity contribution < 1.29 is 23.8 Å². The highest BCUT2D eigenvalue weighted by Gasteiger charge is 2.44. The van der Waals surface area contributed by atoms with Crippen LogP contribution in [0.4, 0.5) is 0 Å². The maximum Gasteiger partial charge on any atom is 0.290 e. The molecular formula is C24H20N2O5S. The molecule has 8 heteroatoms. The molecule has 4 aromatic rings. The summed E-state index contributed by atoms with van der Waals surface area (Å²) in [7, 11) is 1.62. The van der Waals surface area contributed by atoms with E-state index in [1.54, 1.807) is 18.1 Å². The van der Waals surface area contributed by atoms with Crippen LogP contribution in [0.25, 0.3) is 10.9 Å². The first-order valence-corrected chi connectivity index (χ1v) is 11.0. The number of H-pyrrole nitrogens is 1. The average molecular weight is 449 g/mol. The van der Waals surface area contributed by atoms with E-state index in [-0.39, 0.29) is 11.3 Å². The summed E-state index contributed by atoms with van der Waals surface area (Å²) in [5, 5.41) is 13.6. The normalized spacial score (nSPS) is 16.3. The number of fused-ring (bicyclic) bond motifs is 1. The molecule has 1 amide bonds. The maximum atomic E-state index is 13.1. The molecule has 1 aromatic carbocycles. The minimum absolute atomic E-state index is 0.0491. The van der Waals surface area contributed by atoms with Gasteiger partial charge in [-0.2, -0.15) is 0 Å². The van der Waals surface area contributed by atoms with Gasteiger partial charge < -0.3 is 24.1 Å². The number of benzene rings is 1. The van der Waals surface area contributed by atoms with Gasteiger partial charge in [-0.25, -0.2) is 0 Å². The van der Waals surface area contributed by atoms with Crippen LogP contribution in [0.2, 0.25) is 0 Å². The van der Waals surface area contributed by atoms with Crippen molar-refractivity contribution in [1.82, 2.24) is 9.88 Å². The average Bonchev–Trinajstić information content (AvgIpc) is 3.60. The molecule has 0 aliphatic carbocycles. The fraction of sp³-hybridized carbons (Fsp3) is 0.167. The zero-order valence-corrected chi connectivity index (χ0v) is 18.0. The zero-order chi connectivity index (χ0) is 22.2. The van der Waals surface area contributed by atoms with Gasteiger partial charge in [0.1, 0.15) is 5.75 Å². The molecule has 0 radical (unpaired) electrons. The number of furan rings is 1. The van der Waals surface area contributed by atoms with E-state index in [2.05, 4.69) is 4.98 Å². The highest BCUT2D eigenvalue weighted by Crippen LogP contribution is 2.41. The van der Waals surface area contributed by atoms with Crippen molar-refractivity contribution in [2.45, 2.75) is 12.5 Å². The highest BCUT2D eigenvalue weighted by atomic mass is 32.1. The van der Waals surface area contributed by atoms with Gasteiger partial charge in [-0.05, 0) is 53.8 Å². The molecule has 0 spiro atoms. The molecule has 2 N–H and O–H groups in total. The van der Waals surface area contributed by atoms with Crippen LogP contribution < -0.4 is 4.74 Å². The van der Waals surface area contributed by atoms with Crippen molar-refractivity contribution >= 4 is 33.9 Å². The monoisotopic (exact) mass is 448 g/mol. The number of carbonyl (C=O) groups excluding carboxylic acids is 2. The van der Waals surface area contributed by atoms with Crippen LogP contribution >= 0.6 is 11.3 Å². The van der Waals surface area contributed by atoms with Gasteiger partial charge in [0.15, 0.2) is 11.5 Å². The van der Waals surface area contributed by atoms with Gasteiger partial charge in [0.05, 0.1) is 25.0 Å². The van der Waals surface area contributed by atoms with Gasteiger partial charge in [0.2, 0.25) is 5.78 Å². The second kappa shape index (κ2) is 8.05. The fourth-order valence-corrected chi connectivity index (χ4v) is 4.98. The first-order chi connectivity index (χ1) is 15.6. The molecule has 7 nitrogen and oxygen atoms in total. The Morgan fingerprint density at radius 3 is 2.88 bits per heavy atom. The lowest BCUT2D eigenvalue weighted by Gasteiger charge is -2.25. The standard InChI is InChI=1S/C24H20N2O5S/c1-30-15-6-7-17-16(12-15)14(13-25-17)8-9-26-21(19-5-3-11-32-19)20(23(28)24(26)29)22(27)18-4-2-10-31-18/h2-7,10-13,21,25,28H,8-9H2,1H3/t21-/m0/s1. The van der Waals surface area contributed by atoms with E-state index in [0.717, 1.165) is 27.1 Å². The third-order valence-electron chi connectivity index (χ3n) is 5.70. The van der Waals surface area contributed by atoms with Gasteiger partial charge in [-0.15, -0.1) is 11.3 Å². The summed E-state index contributed by atoms with van der Waals surface area (Å²) < 4.78 is 10.6. The summed E-state index contributed by atoms with van der Waals surface area (Å²) in [5.41, 5.74) is 2.04. The number of carbonyl (C=O) groups is 2. The lowest BCUT2D eigenvalue weighted by atomic mass is 10.00. The number of ether oxygens (including phenoxy) is 1. The number of hydrogen-bond donors (Lipinski definition) is 2. The molecule has 0 unspecified atom stereocenters. The largest absolute Gasteiger partial charge is 0.503 e. The summed E-state index contributed by atoms with van der Waals surface area (Å²) in [6.45, 7) is 0.324. The smallest absolute Gasteiger partial charge is 0.290 e. The number of rotatable bonds is 7. The van der Waals surface area contributed by atoms with Gasteiger partial charge >= 0.3 is 0 Å². The third kappa shape index (κ3) is 3.29. The number of nitrogens with one attached hydrogen (secondary N) is 1. The Bertz CT molecular complexity index is 1320. The molecule has 1 aliphatic heterocycles. The van der Waals surface area contributed by atoms with Crippen LogP contribution in [0.3, 0.4) is 0 Å². The molecule has 32 heavy (non-hydrogen) atoms. The first kappa shape index (κ1) is 20.1. The topological polar surface area (TPSA) is 95.8 Å². The number of aromatic nitrogens is 1. The molecule has 0 bridgehead atoms. The van der Waals surface area contributed by atoms with Crippen molar-refractivity contribution in [1.29, 1.82) is 0 Å². The molecule has 0 saturated carbocycles. The molecule has 5 rings (SSSR count). The first-order valence-electron chi connectivity index (χ1n) is 10.1. The minimum atomic E-state index is -0.667. The summed E-state index contributed by atoms with van der Waals surface area (Å²) in [4.78, 5) is 31.7. The summed E-state index contributed by atoms with van der Waals surface area (Å²) in [6.07, 6.45) is 3.84. The van der Waals surface area contributed by atoms with Crippen LogP contribution in [-0.4, -0.2) is 40.3 Å². The molecule has 162 valence electrons. The molecule has 4 heterocycles. The van der Waals surface area contributed by atoms with E-state index >= 15 is 0 Å². The van der Waals surface area contributed by atoms with Gasteiger partial charge in [-0.1, -0.05) is 6.07 Å². The number of methoxy groups -OCH3 is 1. The quantitative estimate of drug-likeness (QED) is 0.401. The molecule has 3 aromatic heterocycles. The van der Waals surface area contributed by atoms with Crippen LogP contribution in [0.15, 0.2) is 76.1 Å².